The van der Waals surface area contributed by atoms with Gasteiger partial charge in [0.15, 0.2) is 0 Å². The minimum absolute atomic E-state index is 0.0517. The minimum atomic E-state index is -0.155. The van der Waals surface area contributed by atoms with Crippen molar-refractivity contribution < 1.29 is 4.79 Å². The van der Waals surface area contributed by atoms with E-state index in [1.807, 2.05) is 61.5 Å². The van der Waals surface area contributed by atoms with E-state index < -0.39 is 0 Å². The smallest absolute Gasteiger partial charge is 0.261 e. The van der Waals surface area contributed by atoms with Crippen molar-refractivity contribution >= 4 is 45.7 Å². The molecule has 0 radical (unpaired) electrons. The van der Waals surface area contributed by atoms with Gasteiger partial charge < -0.3 is 5.32 Å². The zero-order valence-corrected chi connectivity index (χ0v) is 18.2. The van der Waals surface area contributed by atoms with Crippen LogP contribution in [0.5, 0.6) is 0 Å². The van der Waals surface area contributed by atoms with Crippen LogP contribution in [0.2, 0.25) is 5.02 Å². The number of rotatable bonds is 3. The SMILES string of the molecule is Cc1ccc(C(=O)Nc2cccc(/C=C3\CCn4c3nc3cc(Cl)ccc3c4=O)c2)cc1. The predicted molar refractivity (Wildman–Crippen MR) is 129 cm³/mol. The van der Waals surface area contributed by atoms with Crippen molar-refractivity contribution in [3.8, 4) is 0 Å². The summed E-state index contributed by atoms with van der Waals surface area (Å²) >= 11 is 6.10. The molecule has 0 saturated carbocycles. The number of aromatic nitrogens is 2. The third kappa shape index (κ3) is 3.83. The summed E-state index contributed by atoms with van der Waals surface area (Å²) in [6, 6.07) is 20.2. The predicted octanol–water partition coefficient (Wildman–Crippen LogP) is 5.55. The summed E-state index contributed by atoms with van der Waals surface area (Å²) in [5.41, 5.74) is 4.87. The number of anilines is 1. The molecule has 0 fully saturated rings. The molecule has 4 aromatic rings. The van der Waals surface area contributed by atoms with Crippen molar-refractivity contribution in [3.63, 3.8) is 0 Å². The molecule has 0 spiro atoms. The summed E-state index contributed by atoms with van der Waals surface area (Å²) in [5.74, 6) is 0.511. The van der Waals surface area contributed by atoms with Gasteiger partial charge in [-0.15, -0.1) is 0 Å². The lowest BCUT2D eigenvalue weighted by Gasteiger charge is -2.08. The molecule has 158 valence electrons. The van der Waals surface area contributed by atoms with Crippen LogP contribution in [-0.2, 0) is 6.54 Å². The Morgan fingerprint density at radius 2 is 1.91 bits per heavy atom. The van der Waals surface area contributed by atoms with Gasteiger partial charge in [0.2, 0.25) is 0 Å². The van der Waals surface area contributed by atoms with Crippen LogP contribution in [0.1, 0.15) is 33.7 Å². The van der Waals surface area contributed by atoms with Gasteiger partial charge in [-0.1, -0.05) is 41.4 Å². The number of halogens is 1. The van der Waals surface area contributed by atoms with E-state index in [-0.39, 0.29) is 11.5 Å². The molecular formula is C26H20ClN3O2. The first-order valence-electron chi connectivity index (χ1n) is 10.4. The lowest BCUT2D eigenvalue weighted by molar-refractivity contribution is 0.102. The Bertz CT molecular complexity index is 1450. The van der Waals surface area contributed by atoms with E-state index in [1.165, 1.54) is 0 Å². The highest BCUT2D eigenvalue weighted by atomic mass is 35.5. The third-order valence-electron chi connectivity index (χ3n) is 5.61. The molecule has 3 aromatic carbocycles. The fraction of sp³-hybridized carbons (Fsp3) is 0.115. The Hall–Kier alpha value is -3.70. The number of carbonyl (C=O) groups is 1. The molecule has 1 aromatic heterocycles. The number of benzene rings is 3. The number of nitrogens with one attached hydrogen (secondary N) is 1. The lowest BCUT2D eigenvalue weighted by Crippen LogP contribution is -2.20. The number of hydrogen-bond acceptors (Lipinski definition) is 3. The van der Waals surface area contributed by atoms with Crippen LogP contribution in [0.4, 0.5) is 5.69 Å². The lowest BCUT2D eigenvalue weighted by atomic mass is 10.1. The van der Waals surface area contributed by atoms with E-state index in [2.05, 4.69) is 5.32 Å². The van der Waals surface area contributed by atoms with E-state index in [1.54, 1.807) is 22.8 Å². The Morgan fingerprint density at radius 1 is 1.09 bits per heavy atom. The molecule has 5 nitrogen and oxygen atoms in total. The third-order valence-corrected chi connectivity index (χ3v) is 5.84. The number of amides is 1. The maximum absolute atomic E-state index is 12.9. The van der Waals surface area contributed by atoms with Gasteiger partial charge in [0.25, 0.3) is 11.5 Å². The molecule has 2 heterocycles. The van der Waals surface area contributed by atoms with Crippen LogP contribution in [0, 0.1) is 6.92 Å². The molecule has 0 bridgehead atoms. The zero-order chi connectivity index (χ0) is 22.2. The van der Waals surface area contributed by atoms with Gasteiger partial charge in [0, 0.05) is 22.8 Å². The number of allylic oxidation sites excluding steroid dienone is 1. The van der Waals surface area contributed by atoms with E-state index in [9.17, 15) is 9.59 Å². The molecule has 0 saturated heterocycles. The van der Waals surface area contributed by atoms with Crippen LogP contribution in [0.3, 0.4) is 0 Å². The van der Waals surface area contributed by atoms with Gasteiger partial charge >= 0.3 is 0 Å². The molecule has 0 unspecified atom stereocenters. The number of aryl methyl sites for hydroxylation is 1. The molecule has 1 N–H and O–H groups in total. The summed E-state index contributed by atoms with van der Waals surface area (Å²) in [6.07, 6.45) is 2.73. The summed E-state index contributed by atoms with van der Waals surface area (Å²) in [5, 5.41) is 4.07. The number of hydrogen-bond donors (Lipinski definition) is 1. The van der Waals surface area contributed by atoms with Gasteiger partial charge in [0.1, 0.15) is 5.82 Å². The normalized spacial score (nSPS) is 14.0. The van der Waals surface area contributed by atoms with Crippen molar-refractivity contribution in [2.45, 2.75) is 19.9 Å². The summed E-state index contributed by atoms with van der Waals surface area (Å²) in [7, 11) is 0. The van der Waals surface area contributed by atoms with E-state index in [4.69, 9.17) is 16.6 Å². The minimum Gasteiger partial charge on any atom is -0.322 e. The van der Waals surface area contributed by atoms with Crippen LogP contribution in [0.15, 0.2) is 71.5 Å². The van der Waals surface area contributed by atoms with Gasteiger partial charge in [0.05, 0.1) is 10.9 Å². The maximum atomic E-state index is 12.9. The summed E-state index contributed by atoms with van der Waals surface area (Å²) < 4.78 is 1.71. The van der Waals surface area contributed by atoms with Crippen LogP contribution >= 0.6 is 11.6 Å². The number of carbonyl (C=O) groups excluding carboxylic acids is 1. The van der Waals surface area contributed by atoms with E-state index in [0.717, 1.165) is 16.7 Å². The fourth-order valence-electron chi connectivity index (χ4n) is 3.94. The Kier molecular flexibility index (Phi) is 5.11. The van der Waals surface area contributed by atoms with Gasteiger partial charge in [-0.3, -0.25) is 14.2 Å². The molecule has 0 atom stereocenters. The second kappa shape index (κ2) is 8.09. The van der Waals surface area contributed by atoms with E-state index >= 15 is 0 Å². The first kappa shape index (κ1) is 20.2. The molecule has 32 heavy (non-hydrogen) atoms. The second-order valence-electron chi connectivity index (χ2n) is 7.92. The Labute approximate surface area is 190 Å². The summed E-state index contributed by atoms with van der Waals surface area (Å²) in [6.45, 7) is 2.58. The molecule has 6 heteroatoms. The molecule has 0 aliphatic carbocycles. The fourth-order valence-corrected chi connectivity index (χ4v) is 4.11. The van der Waals surface area contributed by atoms with Crippen molar-refractivity contribution in [2.24, 2.45) is 0 Å². The van der Waals surface area contributed by atoms with Crippen LogP contribution in [-0.4, -0.2) is 15.5 Å². The van der Waals surface area contributed by atoms with Crippen molar-refractivity contribution in [1.82, 2.24) is 9.55 Å². The molecule has 1 amide bonds. The molecule has 5 rings (SSSR count). The highest BCUT2D eigenvalue weighted by molar-refractivity contribution is 6.31. The van der Waals surface area contributed by atoms with E-state index in [0.29, 0.717) is 46.0 Å². The van der Waals surface area contributed by atoms with Crippen molar-refractivity contribution in [3.05, 3.63) is 105 Å². The monoisotopic (exact) mass is 441 g/mol. The molecule has 1 aliphatic heterocycles. The van der Waals surface area contributed by atoms with Crippen molar-refractivity contribution in [1.29, 1.82) is 0 Å². The number of fused-ring (bicyclic) bond motifs is 2. The van der Waals surface area contributed by atoms with Crippen LogP contribution in [0.25, 0.3) is 22.6 Å². The number of nitrogens with zero attached hydrogens (tertiary/aromatic N) is 2. The van der Waals surface area contributed by atoms with Gasteiger partial charge in [-0.2, -0.15) is 0 Å². The van der Waals surface area contributed by atoms with Crippen LogP contribution < -0.4 is 10.9 Å². The average Bonchev–Trinajstić information content (AvgIpc) is 3.17. The maximum Gasteiger partial charge on any atom is 0.261 e. The van der Waals surface area contributed by atoms with Gasteiger partial charge in [-0.05, 0) is 73.0 Å². The average molecular weight is 442 g/mol. The highest BCUT2D eigenvalue weighted by Gasteiger charge is 2.21. The topological polar surface area (TPSA) is 64.0 Å². The standard InChI is InChI=1S/C26H20ClN3O2/c1-16-5-7-18(8-6-16)25(31)28-21-4-2-3-17(14-21)13-19-11-12-30-24(19)29-23-15-20(27)9-10-22(23)26(30)32/h2-10,13-15H,11-12H2,1H3,(H,28,31)/b19-13+. The van der Waals surface area contributed by atoms with Gasteiger partial charge in [-0.25, -0.2) is 4.98 Å². The Morgan fingerprint density at radius 3 is 2.72 bits per heavy atom. The first-order valence-corrected chi connectivity index (χ1v) is 10.7. The molecular weight excluding hydrogens is 422 g/mol. The summed E-state index contributed by atoms with van der Waals surface area (Å²) in [4.78, 5) is 30.1. The first-order chi connectivity index (χ1) is 15.5. The zero-order valence-electron chi connectivity index (χ0n) is 17.4. The molecule has 1 aliphatic rings. The largest absolute Gasteiger partial charge is 0.322 e. The van der Waals surface area contributed by atoms with Crippen molar-refractivity contribution in [2.75, 3.05) is 5.32 Å². The quantitative estimate of drug-likeness (QED) is 0.453. The Balaban J connectivity index is 1.46. The second-order valence-corrected chi connectivity index (χ2v) is 8.36. The highest BCUT2D eigenvalue weighted by Crippen LogP contribution is 2.28.